The van der Waals surface area contributed by atoms with Crippen molar-refractivity contribution in [2.75, 3.05) is 5.32 Å². The molecule has 0 unspecified atom stereocenters. The lowest BCUT2D eigenvalue weighted by Gasteiger charge is -2.10. The Bertz CT molecular complexity index is 1580. The maximum Gasteiger partial charge on any atom is 0.422 e. The van der Waals surface area contributed by atoms with Crippen LogP contribution in [0, 0.1) is 11.6 Å². The van der Waals surface area contributed by atoms with Crippen molar-refractivity contribution in [2.45, 2.75) is 12.6 Å². The van der Waals surface area contributed by atoms with Gasteiger partial charge in [0.2, 0.25) is 5.91 Å². The lowest BCUT2D eigenvalue weighted by atomic mass is 10.1. The minimum atomic E-state index is -5.20. The van der Waals surface area contributed by atoms with Gasteiger partial charge in [0.15, 0.2) is 10.8 Å². The fourth-order valence-corrected chi connectivity index (χ4v) is 4.11. The highest BCUT2D eigenvalue weighted by molar-refractivity contribution is 7.14. The van der Waals surface area contributed by atoms with E-state index in [-0.39, 0.29) is 39.4 Å². The van der Waals surface area contributed by atoms with Gasteiger partial charge in [0.05, 0.1) is 23.7 Å². The first-order valence-corrected chi connectivity index (χ1v) is 10.5. The first-order valence-electron chi connectivity index (χ1n) is 9.60. The third-order valence-corrected chi connectivity index (χ3v) is 5.80. The highest BCUT2D eigenvalue weighted by Gasteiger charge is 2.38. The SMILES string of the molecule is Cn1c(=O)c2c(CC(=O)Nc3nc(-c4cc(F)c(C(F)(F)F)c(F)c4)cs3)cnnc2n(C)c1=O. The molecule has 0 aliphatic carbocycles. The van der Waals surface area contributed by atoms with Gasteiger partial charge in [-0.25, -0.2) is 18.6 Å². The second kappa shape index (κ2) is 8.65. The van der Waals surface area contributed by atoms with Gasteiger partial charge in [-0.1, -0.05) is 0 Å². The zero-order valence-corrected chi connectivity index (χ0v) is 18.6. The summed E-state index contributed by atoms with van der Waals surface area (Å²) in [5.74, 6) is -4.22. The van der Waals surface area contributed by atoms with Crippen LogP contribution in [-0.2, 0) is 31.5 Å². The van der Waals surface area contributed by atoms with E-state index in [0.29, 0.717) is 12.1 Å². The van der Waals surface area contributed by atoms with Crippen LogP contribution in [0.15, 0.2) is 33.3 Å². The number of nitrogens with one attached hydrogen (secondary N) is 1. The number of aromatic nitrogens is 5. The van der Waals surface area contributed by atoms with Gasteiger partial charge in [-0.3, -0.25) is 18.7 Å². The lowest BCUT2D eigenvalue weighted by molar-refractivity contribution is -0.142. The predicted molar refractivity (Wildman–Crippen MR) is 115 cm³/mol. The maximum absolute atomic E-state index is 13.9. The van der Waals surface area contributed by atoms with Crippen LogP contribution in [0.5, 0.6) is 0 Å². The average Bonchev–Trinajstić information content (AvgIpc) is 3.23. The van der Waals surface area contributed by atoms with Crippen molar-refractivity contribution < 1.29 is 26.7 Å². The summed E-state index contributed by atoms with van der Waals surface area (Å²) in [6.45, 7) is 0. The highest BCUT2D eigenvalue weighted by atomic mass is 32.1. The normalized spacial score (nSPS) is 11.7. The van der Waals surface area contributed by atoms with Crippen LogP contribution in [0.1, 0.15) is 11.1 Å². The summed E-state index contributed by atoms with van der Waals surface area (Å²) in [6, 6.07) is 1.00. The van der Waals surface area contributed by atoms with Crippen molar-refractivity contribution in [1.82, 2.24) is 24.3 Å². The molecule has 0 bridgehead atoms. The average molecular weight is 512 g/mol. The molecule has 3 heterocycles. The Kier molecular flexibility index (Phi) is 5.96. The molecular formula is C20H13F5N6O3S. The predicted octanol–water partition coefficient (Wildman–Crippen LogP) is 2.63. The number of fused-ring (bicyclic) bond motifs is 1. The molecule has 182 valence electrons. The molecule has 0 aliphatic rings. The molecule has 9 nitrogen and oxygen atoms in total. The van der Waals surface area contributed by atoms with E-state index in [1.807, 2.05) is 0 Å². The van der Waals surface area contributed by atoms with Crippen molar-refractivity contribution in [3.63, 3.8) is 0 Å². The third-order valence-electron chi connectivity index (χ3n) is 5.04. The molecule has 0 radical (unpaired) electrons. The van der Waals surface area contributed by atoms with Crippen LogP contribution in [0.4, 0.5) is 27.1 Å². The fourth-order valence-electron chi connectivity index (χ4n) is 3.38. The number of alkyl halides is 3. The van der Waals surface area contributed by atoms with Crippen LogP contribution in [-0.4, -0.2) is 30.2 Å². The summed E-state index contributed by atoms with van der Waals surface area (Å²) < 4.78 is 68.0. The van der Waals surface area contributed by atoms with E-state index in [4.69, 9.17) is 0 Å². The van der Waals surface area contributed by atoms with Crippen LogP contribution >= 0.6 is 11.3 Å². The van der Waals surface area contributed by atoms with Gasteiger partial charge in [0.25, 0.3) is 5.56 Å². The number of rotatable bonds is 4. The van der Waals surface area contributed by atoms with Crippen molar-refractivity contribution in [3.05, 3.63) is 67.3 Å². The van der Waals surface area contributed by atoms with E-state index in [9.17, 15) is 36.3 Å². The quantitative estimate of drug-likeness (QED) is 0.421. The van der Waals surface area contributed by atoms with Crippen LogP contribution in [0.25, 0.3) is 22.3 Å². The minimum Gasteiger partial charge on any atom is -0.302 e. The lowest BCUT2D eigenvalue weighted by Crippen LogP contribution is -2.38. The Balaban J connectivity index is 1.59. The third kappa shape index (κ3) is 4.41. The Hall–Kier alpha value is -4.01. The maximum atomic E-state index is 13.9. The summed E-state index contributed by atoms with van der Waals surface area (Å²) in [6.07, 6.45) is -4.35. The molecule has 0 aliphatic heterocycles. The fraction of sp³-hybridized carbons (Fsp3) is 0.200. The number of amides is 1. The molecular weight excluding hydrogens is 499 g/mol. The van der Waals surface area contributed by atoms with Gasteiger partial charge in [-0.05, 0) is 17.7 Å². The number of anilines is 1. The zero-order chi connectivity index (χ0) is 25.7. The van der Waals surface area contributed by atoms with Crippen molar-refractivity contribution in [2.24, 2.45) is 14.1 Å². The van der Waals surface area contributed by atoms with Crippen LogP contribution < -0.4 is 16.6 Å². The first kappa shape index (κ1) is 24.1. The Morgan fingerprint density at radius 2 is 1.77 bits per heavy atom. The number of carbonyl (C=O) groups is 1. The molecule has 1 aromatic carbocycles. The molecule has 3 aromatic heterocycles. The number of hydrogen-bond acceptors (Lipinski definition) is 7. The number of halogens is 5. The summed E-state index contributed by atoms with van der Waals surface area (Å²) in [5.41, 5.74) is -3.42. The van der Waals surface area contributed by atoms with Crippen LogP contribution in [0.3, 0.4) is 0 Å². The van der Waals surface area contributed by atoms with Gasteiger partial charge in [-0.2, -0.15) is 18.3 Å². The Morgan fingerprint density at radius 3 is 2.40 bits per heavy atom. The molecule has 4 rings (SSSR count). The zero-order valence-electron chi connectivity index (χ0n) is 17.8. The van der Waals surface area contributed by atoms with Gasteiger partial charge in [0.1, 0.15) is 17.2 Å². The van der Waals surface area contributed by atoms with E-state index < -0.39 is 40.5 Å². The number of benzene rings is 1. The highest BCUT2D eigenvalue weighted by Crippen LogP contribution is 2.36. The van der Waals surface area contributed by atoms with E-state index >= 15 is 0 Å². The molecule has 0 atom stereocenters. The van der Waals surface area contributed by atoms with E-state index in [1.165, 1.54) is 25.7 Å². The Morgan fingerprint density at radius 1 is 1.11 bits per heavy atom. The molecule has 1 N–H and O–H groups in total. The van der Waals surface area contributed by atoms with E-state index in [0.717, 1.165) is 20.5 Å². The number of nitrogens with zero attached hydrogens (tertiary/aromatic N) is 5. The van der Waals surface area contributed by atoms with Gasteiger partial charge in [0, 0.05) is 25.0 Å². The molecule has 15 heteroatoms. The number of aryl methyl sites for hydroxylation is 1. The van der Waals surface area contributed by atoms with E-state index in [2.05, 4.69) is 20.5 Å². The molecule has 0 saturated heterocycles. The molecule has 35 heavy (non-hydrogen) atoms. The summed E-state index contributed by atoms with van der Waals surface area (Å²) >= 11 is 0.869. The molecule has 0 spiro atoms. The smallest absolute Gasteiger partial charge is 0.302 e. The van der Waals surface area contributed by atoms with Gasteiger partial charge in [-0.15, -0.1) is 16.4 Å². The van der Waals surface area contributed by atoms with Crippen LogP contribution in [0.2, 0.25) is 0 Å². The van der Waals surface area contributed by atoms with E-state index in [1.54, 1.807) is 0 Å². The van der Waals surface area contributed by atoms with Crippen molar-refractivity contribution in [3.8, 4) is 11.3 Å². The summed E-state index contributed by atoms with van der Waals surface area (Å²) in [4.78, 5) is 41.2. The Labute approximate surface area is 195 Å². The molecule has 0 saturated carbocycles. The topological polar surface area (TPSA) is 112 Å². The number of carbonyl (C=O) groups excluding carboxylic acids is 1. The largest absolute Gasteiger partial charge is 0.422 e. The second-order valence-electron chi connectivity index (χ2n) is 7.35. The first-order chi connectivity index (χ1) is 16.4. The van der Waals surface area contributed by atoms with Gasteiger partial charge < -0.3 is 5.32 Å². The second-order valence-corrected chi connectivity index (χ2v) is 8.21. The van der Waals surface area contributed by atoms with Gasteiger partial charge >= 0.3 is 11.9 Å². The summed E-state index contributed by atoms with van der Waals surface area (Å²) in [7, 11) is 2.67. The van der Waals surface area contributed by atoms with Crippen molar-refractivity contribution in [1.29, 1.82) is 0 Å². The standard InChI is InChI=1S/C20H13F5N6O3S/c1-30-16-14(17(33)31(2)19(30)34)9(6-26-29-16)5-13(32)28-18-27-12(7-35-18)8-3-10(21)15(11(22)4-8)20(23,24)25/h3-4,6-7H,5H2,1-2H3,(H,27,28,32). The summed E-state index contributed by atoms with van der Waals surface area (Å²) in [5, 5.41) is 11.3. The number of hydrogen-bond donors (Lipinski definition) is 1. The van der Waals surface area contributed by atoms with Crippen molar-refractivity contribution >= 4 is 33.4 Å². The molecule has 1 amide bonds. The monoisotopic (exact) mass is 512 g/mol. The minimum absolute atomic E-state index is 0.00247. The molecule has 0 fully saturated rings. The number of thiazole rings is 1. The molecule has 4 aromatic rings.